The summed E-state index contributed by atoms with van der Waals surface area (Å²) in [6, 6.07) is 2.66. The van der Waals surface area contributed by atoms with Gasteiger partial charge in [-0.15, -0.1) is 0 Å². The van der Waals surface area contributed by atoms with Crippen molar-refractivity contribution in [3.63, 3.8) is 0 Å². The molecule has 96 valence electrons. The molecule has 1 aromatic rings. The van der Waals surface area contributed by atoms with E-state index in [2.05, 4.69) is 9.47 Å². The third-order valence-electron chi connectivity index (χ3n) is 2.36. The molecule has 0 unspecified atom stereocenters. The van der Waals surface area contributed by atoms with Crippen molar-refractivity contribution in [2.45, 2.75) is 6.92 Å². The largest absolute Gasteiger partial charge is 0.465 e. The van der Waals surface area contributed by atoms with E-state index in [-0.39, 0.29) is 11.1 Å². The van der Waals surface area contributed by atoms with Crippen LogP contribution in [-0.4, -0.2) is 31.1 Å². The van der Waals surface area contributed by atoms with Gasteiger partial charge in [0.25, 0.3) is 5.69 Å². The van der Waals surface area contributed by atoms with Gasteiger partial charge in [0.2, 0.25) is 0 Å². The lowest BCUT2D eigenvalue weighted by Crippen LogP contribution is -2.15. The molecule has 0 saturated carbocycles. The average Bonchev–Trinajstić information content (AvgIpc) is 2.35. The molecule has 0 heterocycles. The number of carbonyl (C=O) groups excluding carboxylic acids is 2. The Kier molecular flexibility index (Phi) is 3.98. The van der Waals surface area contributed by atoms with Crippen LogP contribution in [0.4, 0.5) is 5.69 Å². The van der Waals surface area contributed by atoms with Gasteiger partial charge in [-0.05, 0) is 13.0 Å². The Balaban J connectivity index is 3.64. The molecule has 0 spiro atoms. The molecule has 7 heteroatoms. The second-order valence-electron chi connectivity index (χ2n) is 3.39. The zero-order chi connectivity index (χ0) is 13.9. The van der Waals surface area contributed by atoms with Gasteiger partial charge in [0.15, 0.2) is 5.56 Å². The topological polar surface area (TPSA) is 95.7 Å². The SMILES string of the molecule is COC(=O)c1ccc(C)c([N+](=O)[O-])c1C(=O)OC. The van der Waals surface area contributed by atoms with Crippen molar-refractivity contribution in [2.75, 3.05) is 14.2 Å². The van der Waals surface area contributed by atoms with Gasteiger partial charge in [0.05, 0.1) is 24.7 Å². The van der Waals surface area contributed by atoms with Crippen LogP contribution in [0.2, 0.25) is 0 Å². The highest BCUT2D eigenvalue weighted by Crippen LogP contribution is 2.27. The first kappa shape index (κ1) is 13.6. The van der Waals surface area contributed by atoms with Crippen molar-refractivity contribution in [2.24, 2.45) is 0 Å². The number of nitro groups is 1. The number of benzene rings is 1. The molecule has 0 bridgehead atoms. The molecular weight excluding hydrogens is 242 g/mol. The van der Waals surface area contributed by atoms with Gasteiger partial charge >= 0.3 is 11.9 Å². The number of rotatable bonds is 3. The highest BCUT2D eigenvalue weighted by Gasteiger charge is 2.30. The molecule has 1 rings (SSSR count). The van der Waals surface area contributed by atoms with E-state index in [1.54, 1.807) is 0 Å². The molecule has 18 heavy (non-hydrogen) atoms. The second kappa shape index (κ2) is 5.26. The van der Waals surface area contributed by atoms with Gasteiger partial charge in [-0.25, -0.2) is 9.59 Å². The van der Waals surface area contributed by atoms with E-state index in [0.29, 0.717) is 0 Å². The maximum atomic E-state index is 11.6. The maximum absolute atomic E-state index is 11.6. The van der Waals surface area contributed by atoms with Crippen molar-refractivity contribution in [1.82, 2.24) is 0 Å². The van der Waals surface area contributed by atoms with Gasteiger partial charge < -0.3 is 9.47 Å². The van der Waals surface area contributed by atoms with Crippen LogP contribution in [0, 0.1) is 17.0 Å². The Morgan fingerprint density at radius 1 is 1.17 bits per heavy atom. The number of esters is 2. The summed E-state index contributed by atoms with van der Waals surface area (Å²) in [6.45, 7) is 1.46. The van der Waals surface area contributed by atoms with E-state index in [1.807, 2.05) is 0 Å². The summed E-state index contributed by atoms with van der Waals surface area (Å²) < 4.78 is 8.94. The Labute approximate surface area is 102 Å². The van der Waals surface area contributed by atoms with Crippen molar-refractivity contribution in [1.29, 1.82) is 0 Å². The zero-order valence-corrected chi connectivity index (χ0v) is 10.1. The van der Waals surface area contributed by atoms with E-state index >= 15 is 0 Å². The summed E-state index contributed by atoms with van der Waals surface area (Å²) in [6.07, 6.45) is 0. The first-order valence-electron chi connectivity index (χ1n) is 4.88. The number of ether oxygens (including phenoxy) is 2. The molecule has 0 amide bonds. The first-order chi connectivity index (χ1) is 8.43. The summed E-state index contributed by atoms with van der Waals surface area (Å²) in [4.78, 5) is 33.3. The van der Waals surface area contributed by atoms with Gasteiger partial charge in [-0.3, -0.25) is 10.1 Å². The summed E-state index contributed by atoms with van der Waals surface area (Å²) >= 11 is 0. The summed E-state index contributed by atoms with van der Waals surface area (Å²) in [5.41, 5.74) is -0.784. The quantitative estimate of drug-likeness (QED) is 0.460. The number of hydrogen-bond donors (Lipinski definition) is 0. The second-order valence-corrected chi connectivity index (χ2v) is 3.39. The normalized spacial score (nSPS) is 9.72. The standard InChI is InChI=1S/C11H11NO6/c1-6-4-5-7(10(13)17-2)8(11(14)18-3)9(6)12(15)16/h4-5H,1-3H3. The van der Waals surface area contributed by atoms with Crippen molar-refractivity contribution < 1.29 is 24.0 Å². The minimum Gasteiger partial charge on any atom is -0.465 e. The molecule has 0 fully saturated rings. The number of carbonyl (C=O) groups is 2. The number of nitro benzene ring substituents is 1. The fourth-order valence-electron chi connectivity index (χ4n) is 1.52. The van der Waals surface area contributed by atoms with Crippen LogP contribution < -0.4 is 0 Å². The lowest BCUT2D eigenvalue weighted by atomic mass is 10.0. The molecule has 0 atom stereocenters. The van der Waals surface area contributed by atoms with E-state index < -0.39 is 28.1 Å². The molecular formula is C11H11NO6. The van der Waals surface area contributed by atoms with Gasteiger partial charge in [0, 0.05) is 5.56 Å². The fourth-order valence-corrected chi connectivity index (χ4v) is 1.52. The van der Waals surface area contributed by atoms with Crippen LogP contribution in [0.5, 0.6) is 0 Å². The lowest BCUT2D eigenvalue weighted by molar-refractivity contribution is -0.385. The molecule has 0 aromatic heterocycles. The van der Waals surface area contributed by atoms with E-state index in [9.17, 15) is 19.7 Å². The average molecular weight is 253 g/mol. The first-order valence-corrected chi connectivity index (χ1v) is 4.88. The van der Waals surface area contributed by atoms with Gasteiger partial charge in [-0.2, -0.15) is 0 Å². The van der Waals surface area contributed by atoms with Crippen molar-refractivity contribution in [3.05, 3.63) is 38.9 Å². The van der Waals surface area contributed by atoms with Crippen LogP contribution in [0.1, 0.15) is 26.3 Å². The van der Waals surface area contributed by atoms with E-state index in [1.165, 1.54) is 19.1 Å². The number of aryl methyl sites for hydroxylation is 1. The fraction of sp³-hybridized carbons (Fsp3) is 0.273. The summed E-state index contributed by atoms with van der Waals surface area (Å²) in [5, 5.41) is 11.0. The smallest absolute Gasteiger partial charge is 0.345 e. The number of methoxy groups -OCH3 is 2. The minimum absolute atomic E-state index is 0.193. The van der Waals surface area contributed by atoms with Crippen LogP contribution in [0.3, 0.4) is 0 Å². The van der Waals surface area contributed by atoms with Crippen LogP contribution in [0.15, 0.2) is 12.1 Å². The summed E-state index contributed by atoms with van der Waals surface area (Å²) in [5.74, 6) is -1.79. The molecule has 0 aliphatic rings. The number of hydrogen-bond acceptors (Lipinski definition) is 6. The highest BCUT2D eigenvalue weighted by atomic mass is 16.6. The van der Waals surface area contributed by atoms with Crippen LogP contribution in [0.25, 0.3) is 0 Å². The molecule has 0 N–H and O–H groups in total. The molecule has 0 saturated heterocycles. The third kappa shape index (κ3) is 2.29. The Bertz CT molecular complexity index is 523. The van der Waals surface area contributed by atoms with Crippen LogP contribution in [-0.2, 0) is 9.47 Å². The molecule has 1 aromatic carbocycles. The van der Waals surface area contributed by atoms with Crippen molar-refractivity contribution in [3.8, 4) is 0 Å². The van der Waals surface area contributed by atoms with E-state index in [4.69, 9.17) is 0 Å². The maximum Gasteiger partial charge on any atom is 0.345 e. The Morgan fingerprint density at radius 2 is 1.72 bits per heavy atom. The number of nitrogens with zero attached hydrogens (tertiary/aromatic N) is 1. The predicted molar refractivity (Wildman–Crippen MR) is 60.5 cm³/mol. The Morgan fingerprint density at radius 3 is 2.17 bits per heavy atom. The molecule has 0 radical (unpaired) electrons. The van der Waals surface area contributed by atoms with Crippen molar-refractivity contribution >= 4 is 17.6 Å². The van der Waals surface area contributed by atoms with E-state index in [0.717, 1.165) is 14.2 Å². The van der Waals surface area contributed by atoms with Gasteiger partial charge in [-0.1, -0.05) is 6.07 Å². The summed E-state index contributed by atoms with van der Waals surface area (Å²) in [7, 11) is 2.20. The molecule has 7 nitrogen and oxygen atoms in total. The molecule has 0 aliphatic heterocycles. The molecule has 0 aliphatic carbocycles. The predicted octanol–water partition coefficient (Wildman–Crippen LogP) is 1.48. The van der Waals surface area contributed by atoms with Gasteiger partial charge in [0.1, 0.15) is 0 Å². The Hall–Kier alpha value is -2.44. The zero-order valence-electron chi connectivity index (χ0n) is 10.1. The third-order valence-corrected chi connectivity index (χ3v) is 2.36. The lowest BCUT2D eigenvalue weighted by Gasteiger charge is -2.08. The monoisotopic (exact) mass is 253 g/mol. The minimum atomic E-state index is -0.953. The highest BCUT2D eigenvalue weighted by molar-refractivity contribution is 6.06. The van der Waals surface area contributed by atoms with Crippen LogP contribution >= 0.6 is 0 Å².